The van der Waals surface area contributed by atoms with Gasteiger partial charge in [0.2, 0.25) is 5.75 Å². The maximum absolute atomic E-state index is 12.4. The van der Waals surface area contributed by atoms with Gasteiger partial charge in [0.05, 0.1) is 5.56 Å². The molecule has 0 bridgehead atoms. The SMILES string of the molecule is CCCc1cc(C(=O)c2cc(O)cc(O)c2)c(O)c(O)c1O. The molecule has 0 atom stereocenters. The second kappa shape index (κ2) is 5.85. The van der Waals surface area contributed by atoms with Crippen molar-refractivity contribution in [3.05, 3.63) is 41.0 Å². The lowest BCUT2D eigenvalue weighted by atomic mass is 9.97. The van der Waals surface area contributed by atoms with Gasteiger partial charge in [0.15, 0.2) is 17.3 Å². The van der Waals surface area contributed by atoms with Crippen LogP contribution in [0.5, 0.6) is 28.7 Å². The van der Waals surface area contributed by atoms with Crippen molar-refractivity contribution in [3.8, 4) is 28.7 Å². The Hall–Kier alpha value is -2.89. The lowest BCUT2D eigenvalue weighted by Gasteiger charge is -2.12. The fourth-order valence-electron chi connectivity index (χ4n) is 2.22. The second-order valence-corrected chi connectivity index (χ2v) is 4.95. The number of benzene rings is 2. The number of rotatable bonds is 4. The first-order chi connectivity index (χ1) is 10.3. The predicted octanol–water partition coefficient (Wildman–Crippen LogP) is 2.40. The van der Waals surface area contributed by atoms with E-state index in [1.165, 1.54) is 6.07 Å². The minimum absolute atomic E-state index is 0.0552. The fourth-order valence-corrected chi connectivity index (χ4v) is 2.22. The average Bonchev–Trinajstić information content (AvgIpc) is 2.46. The normalized spacial score (nSPS) is 10.6. The highest BCUT2D eigenvalue weighted by Crippen LogP contribution is 2.41. The number of aryl methyl sites for hydroxylation is 1. The number of carbonyl (C=O) groups excluding carboxylic acids is 1. The van der Waals surface area contributed by atoms with Crippen LogP contribution in [0, 0.1) is 0 Å². The average molecular weight is 304 g/mol. The van der Waals surface area contributed by atoms with Gasteiger partial charge in [0.25, 0.3) is 0 Å². The van der Waals surface area contributed by atoms with E-state index in [2.05, 4.69) is 0 Å². The Morgan fingerprint density at radius 1 is 0.864 bits per heavy atom. The fraction of sp³-hybridized carbons (Fsp3) is 0.188. The quantitative estimate of drug-likeness (QED) is 0.437. The Labute approximate surface area is 126 Å². The zero-order chi connectivity index (χ0) is 16.4. The number of carbonyl (C=O) groups is 1. The molecule has 22 heavy (non-hydrogen) atoms. The lowest BCUT2D eigenvalue weighted by Crippen LogP contribution is -2.03. The van der Waals surface area contributed by atoms with Crippen LogP contribution < -0.4 is 0 Å². The van der Waals surface area contributed by atoms with E-state index in [1.54, 1.807) is 0 Å². The van der Waals surface area contributed by atoms with Gasteiger partial charge in [-0.15, -0.1) is 0 Å². The van der Waals surface area contributed by atoms with E-state index in [0.29, 0.717) is 18.4 Å². The monoisotopic (exact) mass is 304 g/mol. The minimum Gasteiger partial charge on any atom is -0.508 e. The summed E-state index contributed by atoms with van der Waals surface area (Å²) in [5, 5.41) is 48.3. The molecule has 0 spiro atoms. The summed E-state index contributed by atoms with van der Waals surface area (Å²) in [6.45, 7) is 1.86. The number of hydrogen-bond acceptors (Lipinski definition) is 6. The molecule has 0 radical (unpaired) electrons. The maximum atomic E-state index is 12.4. The first kappa shape index (κ1) is 15.5. The van der Waals surface area contributed by atoms with Gasteiger partial charge in [-0.1, -0.05) is 13.3 Å². The Kier molecular flexibility index (Phi) is 4.12. The van der Waals surface area contributed by atoms with Crippen molar-refractivity contribution in [2.75, 3.05) is 0 Å². The van der Waals surface area contributed by atoms with Crippen LogP contribution in [0.25, 0.3) is 0 Å². The van der Waals surface area contributed by atoms with Gasteiger partial charge in [0, 0.05) is 11.6 Å². The molecule has 2 aromatic rings. The molecule has 0 amide bonds. The summed E-state index contributed by atoms with van der Waals surface area (Å²) in [6, 6.07) is 4.61. The highest BCUT2D eigenvalue weighted by molar-refractivity contribution is 6.11. The standard InChI is InChI=1S/C16H16O6/c1-2-3-8-6-12(15(21)16(22)14(8)20)13(19)9-4-10(17)7-11(18)5-9/h4-7,17-18,20-22H,2-3H2,1H3. The molecule has 2 aromatic carbocycles. The highest BCUT2D eigenvalue weighted by Gasteiger charge is 2.22. The molecule has 0 heterocycles. The summed E-state index contributed by atoms with van der Waals surface area (Å²) in [4.78, 5) is 12.4. The molecule has 0 unspecified atom stereocenters. The van der Waals surface area contributed by atoms with Crippen molar-refractivity contribution in [2.45, 2.75) is 19.8 Å². The summed E-state index contributed by atoms with van der Waals surface area (Å²) in [5.74, 6) is -3.28. The van der Waals surface area contributed by atoms with Gasteiger partial charge in [-0.3, -0.25) is 4.79 Å². The lowest BCUT2D eigenvalue weighted by molar-refractivity contribution is 0.103. The number of hydrogen-bond donors (Lipinski definition) is 5. The molecule has 0 aliphatic rings. The number of phenolic OH excluding ortho intramolecular Hbond substituents is 5. The van der Waals surface area contributed by atoms with Crippen LogP contribution in [-0.2, 0) is 6.42 Å². The van der Waals surface area contributed by atoms with E-state index < -0.39 is 23.0 Å². The third-order valence-electron chi connectivity index (χ3n) is 3.26. The Balaban J connectivity index is 2.58. The third kappa shape index (κ3) is 2.76. The summed E-state index contributed by atoms with van der Waals surface area (Å²) in [5.41, 5.74) is 0.0506. The van der Waals surface area contributed by atoms with Gasteiger partial charge in [-0.05, 0) is 30.2 Å². The molecule has 5 N–H and O–H groups in total. The number of phenols is 5. The third-order valence-corrected chi connectivity index (χ3v) is 3.26. The molecular formula is C16H16O6. The van der Waals surface area contributed by atoms with Crippen LogP contribution in [0.3, 0.4) is 0 Å². The van der Waals surface area contributed by atoms with Crippen LogP contribution in [-0.4, -0.2) is 31.3 Å². The molecule has 2 rings (SSSR count). The zero-order valence-corrected chi connectivity index (χ0v) is 11.9. The largest absolute Gasteiger partial charge is 0.508 e. The summed E-state index contributed by atoms with van der Waals surface area (Å²) < 4.78 is 0. The van der Waals surface area contributed by atoms with E-state index in [4.69, 9.17) is 0 Å². The Morgan fingerprint density at radius 2 is 1.45 bits per heavy atom. The van der Waals surface area contributed by atoms with Gasteiger partial charge < -0.3 is 25.5 Å². The van der Waals surface area contributed by atoms with Crippen molar-refractivity contribution in [3.63, 3.8) is 0 Å². The van der Waals surface area contributed by atoms with Crippen LogP contribution in [0.2, 0.25) is 0 Å². The molecule has 6 heteroatoms. The Morgan fingerprint density at radius 3 is 2.00 bits per heavy atom. The van der Waals surface area contributed by atoms with Crippen LogP contribution in [0.4, 0.5) is 0 Å². The zero-order valence-electron chi connectivity index (χ0n) is 11.9. The molecule has 116 valence electrons. The predicted molar refractivity (Wildman–Crippen MR) is 78.6 cm³/mol. The molecule has 0 fully saturated rings. The van der Waals surface area contributed by atoms with E-state index in [-0.39, 0.29) is 22.6 Å². The summed E-state index contributed by atoms with van der Waals surface area (Å²) in [7, 11) is 0. The summed E-state index contributed by atoms with van der Waals surface area (Å²) >= 11 is 0. The number of aromatic hydroxyl groups is 5. The van der Waals surface area contributed by atoms with Crippen molar-refractivity contribution in [1.29, 1.82) is 0 Å². The first-order valence-electron chi connectivity index (χ1n) is 6.69. The molecule has 0 saturated carbocycles. The van der Waals surface area contributed by atoms with Crippen LogP contribution >= 0.6 is 0 Å². The topological polar surface area (TPSA) is 118 Å². The first-order valence-corrected chi connectivity index (χ1v) is 6.69. The molecule has 0 aliphatic heterocycles. The van der Waals surface area contributed by atoms with E-state index in [9.17, 15) is 30.3 Å². The highest BCUT2D eigenvalue weighted by atomic mass is 16.3. The molecule has 0 aliphatic carbocycles. The van der Waals surface area contributed by atoms with Gasteiger partial charge in [-0.25, -0.2) is 0 Å². The van der Waals surface area contributed by atoms with Crippen LogP contribution in [0.15, 0.2) is 24.3 Å². The van der Waals surface area contributed by atoms with Gasteiger partial charge in [0.1, 0.15) is 11.5 Å². The van der Waals surface area contributed by atoms with Crippen LogP contribution in [0.1, 0.15) is 34.8 Å². The minimum atomic E-state index is -0.765. The van der Waals surface area contributed by atoms with Crippen molar-refractivity contribution < 1.29 is 30.3 Å². The van der Waals surface area contributed by atoms with Crippen molar-refractivity contribution >= 4 is 5.78 Å². The molecular weight excluding hydrogens is 288 g/mol. The van der Waals surface area contributed by atoms with E-state index in [1.807, 2.05) is 6.92 Å². The number of ketones is 1. The molecule has 6 nitrogen and oxygen atoms in total. The van der Waals surface area contributed by atoms with Crippen molar-refractivity contribution in [2.24, 2.45) is 0 Å². The van der Waals surface area contributed by atoms with Gasteiger partial charge >= 0.3 is 0 Å². The van der Waals surface area contributed by atoms with E-state index >= 15 is 0 Å². The summed E-state index contributed by atoms with van der Waals surface area (Å²) in [6.07, 6.45) is 1.07. The molecule has 0 aromatic heterocycles. The van der Waals surface area contributed by atoms with Crippen molar-refractivity contribution in [1.82, 2.24) is 0 Å². The smallest absolute Gasteiger partial charge is 0.201 e. The molecule has 0 saturated heterocycles. The second-order valence-electron chi connectivity index (χ2n) is 4.95. The van der Waals surface area contributed by atoms with Gasteiger partial charge in [-0.2, -0.15) is 0 Å². The Bertz CT molecular complexity index is 716. The maximum Gasteiger partial charge on any atom is 0.201 e. The van der Waals surface area contributed by atoms with E-state index in [0.717, 1.165) is 18.2 Å².